The number of rotatable bonds is 2. The minimum absolute atomic E-state index is 0.152. The molecule has 0 aliphatic heterocycles. The molecule has 0 N–H and O–H groups in total. The van der Waals surface area contributed by atoms with Crippen LogP contribution >= 0.6 is 0 Å². The highest BCUT2D eigenvalue weighted by atomic mass is 19.1. The summed E-state index contributed by atoms with van der Waals surface area (Å²) in [6, 6.07) is 0. The lowest BCUT2D eigenvalue weighted by Gasteiger charge is -1.92. The van der Waals surface area contributed by atoms with Gasteiger partial charge in [-0.2, -0.15) is 0 Å². The van der Waals surface area contributed by atoms with Crippen molar-refractivity contribution in [2.24, 2.45) is 7.05 Å². The second-order valence-corrected chi connectivity index (χ2v) is 2.07. The molecule has 56 valence electrons. The van der Waals surface area contributed by atoms with Crippen molar-refractivity contribution in [1.29, 1.82) is 0 Å². The van der Waals surface area contributed by atoms with Crippen molar-refractivity contribution in [3.05, 3.63) is 22.9 Å². The van der Waals surface area contributed by atoms with Gasteiger partial charge >= 0.3 is 5.69 Å². The average molecular weight is 144 g/mol. The van der Waals surface area contributed by atoms with Crippen LogP contribution in [0.25, 0.3) is 0 Å². The molecule has 1 rings (SSSR count). The lowest BCUT2D eigenvalue weighted by Crippen LogP contribution is -2.22. The minimum atomic E-state index is -0.496. The number of halogens is 1. The van der Waals surface area contributed by atoms with Crippen LogP contribution in [0.2, 0.25) is 0 Å². The van der Waals surface area contributed by atoms with Gasteiger partial charge in [0, 0.05) is 19.4 Å². The second-order valence-electron chi connectivity index (χ2n) is 2.07. The van der Waals surface area contributed by atoms with E-state index in [-0.39, 0.29) is 12.2 Å². The van der Waals surface area contributed by atoms with E-state index in [0.717, 1.165) is 0 Å². The lowest BCUT2D eigenvalue weighted by molar-refractivity contribution is 0.439. The van der Waals surface area contributed by atoms with Crippen LogP contribution in [0.15, 0.2) is 17.2 Å². The van der Waals surface area contributed by atoms with E-state index < -0.39 is 6.67 Å². The highest BCUT2D eigenvalue weighted by molar-refractivity contribution is 4.79. The molecule has 0 aromatic carbocycles. The number of nitrogens with zero attached hydrogens (tertiary/aromatic N) is 2. The Labute approximate surface area is 57.7 Å². The summed E-state index contributed by atoms with van der Waals surface area (Å²) in [6.45, 7) is -0.344. The summed E-state index contributed by atoms with van der Waals surface area (Å²) in [7, 11) is 1.64. The molecule has 0 bridgehead atoms. The van der Waals surface area contributed by atoms with E-state index in [9.17, 15) is 9.18 Å². The van der Waals surface area contributed by atoms with Gasteiger partial charge in [0.05, 0.1) is 6.54 Å². The van der Waals surface area contributed by atoms with Crippen molar-refractivity contribution < 1.29 is 4.39 Å². The molecule has 0 aliphatic rings. The van der Waals surface area contributed by atoms with Crippen LogP contribution in [-0.2, 0) is 13.6 Å². The third kappa shape index (κ3) is 1.10. The zero-order valence-electron chi connectivity index (χ0n) is 5.75. The smallest absolute Gasteiger partial charge is 0.302 e. The predicted octanol–water partition coefficient (Wildman–Crippen LogP) is 0.156. The zero-order valence-corrected chi connectivity index (χ0v) is 5.75. The van der Waals surface area contributed by atoms with Gasteiger partial charge in [-0.05, 0) is 0 Å². The van der Waals surface area contributed by atoms with Crippen LogP contribution in [0.1, 0.15) is 0 Å². The Morgan fingerprint density at radius 1 is 1.60 bits per heavy atom. The average Bonchev–Trinajstić information content (AvgIpc) is 2.20. The van der Waals surface area contributed by atoms with Crippen LogP contribution in [0, 0.1) is 0 Å². The van der Waals surface area contributed by atoms with Gasteiger partial charge in [0.15, 0.2) is 0 Å². The van der Waals surface area contributed by atoms with E-state index in [4.69, 9.17) is 0 Å². The molecule has 1 aromatic rings. The molecule has 0 fully saturated rings. The fourth-order valence-corrected chi connectivity index (χ4v) is 0.772. The van der Waals surface area contributed by atoms with E-state index in [1.807, 2.05) is 0 Å². The molecule has 10 heavy (non-hydrogen) atoms. The van der Waals surface area contributed by atoms with E-state index in [0.29, 0.717) is 0 Å². The normalized spacial score (nSPS) is 10.2. The zero-order chi connectivity index (χ0) is 7.56. The third-order valence-corrected chi connectivity index (χ3v) is 1.34. The third-order valence-electron chi connectivity index (χ3n) is 1.34. The van der Waals surface area contributed by atoms with Crippen LogP contribution in [0.3, 0.4) is 0 Å². The van der Waals surface area contributed by atoms with Crippen molar-refractivity contribution in [1.82, 2.24) is 9.13 Å². The van der Waals surface area contributed by atoms with Gasteiger partial charge in [-0.1, -0.05) is 0 Å². The van der Waals surface area contributed by atoms with Crippen LogP contribution in [0.5, 0.6) is 0 Å². The molecule has 3 nitrogen and oxygen atoms in total. The fourth-order valence-electron chi connectivity index (χ4n) is 0.772. The van der Waals surface area contributed by atoms with E-state index in [1.54, 1.807) is 19.4 Å². The van der Waals surface area contributed by atoms with Gasteiger partial charge in [0.2, 0.25) is 0 Å². The van der Waals surface area contributed by atoms with Crippen LogP contribution in [-0.4, -0.2) is 15.8 Å². The molecule has 0 spiro atoms. The molecule has 1 heterocycles. The maximum atomic E-state index is 11.7. The Morgan fingerprint density at radius 3 is 2.70 bits per heavy atom. The Hall–Kier alpha value is -1.06. The minimum Gasteiger partial charge on any atom is -0.302 e. The number of alkyl halides is 1. The molecular formula is C6H9FN2O. The highest BCUT2D eigenvalue weighted by Gasteiger charge is 1.96. The van der Waals surface area contributed by atoms with Gasteiger partial charge in [-0.25, -0.2) is 9.18 Å². The maximum Gasteiger partial charge on any atom is 0.327 e. The number of aryl methyl sites for hydroxylation is 2. The fraction of sp³-hybridized carbons (Fsp3) is 0.500. The SMILES string of the molecule is Cn1ccn(CCF)c1=O. The number of aromatic nitrogens is 2. The van der Waals surface area contributed by atoms with Crippen LogP contribution in [0.4, 0.5) is 4.39 Å². The molecule has 0 atom stereocenters. The number of hydrogen-bond donors (Lipinski definition) is 0. The predicted molar refractivity (Wildman–Crippen MR) is 35.6 cm³/mol. The van der Waals surface area contributed by atoms with E-state index >= 15 is 0 Å². The quantitative estimate of drug-likeness (QED) is 0.580. The second kappa shape index (κ2) is 2.68. The van der Waals surface area contributed by atoms with Gasteiger partial charge in [-0.15, -0.1) is 0 Å². The Bertz CT molecular complexity index is 263. The Balaban J connectivity index is 2.95. The summed E-state index contributed by atoms with van der Waals surface area (Å²) in [5, 5.41) is 0. The molecule has 0 saturated carbocycles. The van der Waals surface area contributed by atoms with E-state index in [2.05, 4.69) is 0 Å². The highest BCUT2D eigenvalue weighted by Crippen LogP contribution is 1.81. The summed E-state index contributed by atoms with van der Waals surface area (Å²) in [5.74, 6) is 0. The number of hydrogen-bond acceptors (Lipinski definition) is 1. The molecule has 0 saturated heterocycles. The molecule has 0 radical (unpaired) electrons. The lowest BCUT2D eigenvalue weighted by atomic mass is 10.7. The Kier molecular flexibility index (Phi) is 1.89. The molecule has 0 amide bonds. The molecule has 0 unspecified atom stereocenters. The molecule has 1 aromatic heterocycles. The van der Waals surface area contributed by atoms with Gasteiger partial charge in [0.25, 0.3) is 0 Å². The first-order chi connectivity index (χ1) is 4.75. The molecular weight excluding hydrogens is 135 g/mol. The topological polar surface area (TPSA) is 26.9 Å². The summed E-state index contributed by atoms with van der Waals surface area (Å²) in [5.41, 5.74) is -0.169. The molecule has 0 aliphatic carbocycles. The van der Waals surface area contributed by atoms with E-state index in [1.165, 1.54) is 9.13 Å². The summed E-state index contributed by atoms with van der Waals surface area (Å²) >= 11 is 0. The van der Waals surface area contributed by atoms with Crippen LogP contribution < -0.4 is 5.69 Å². The first-order valence-corrected chi connectivity index (χ1v) is 3.03. The summed E-state index contributed by atoms with van der Waals surface area (Å²) in [6.07, 6.45) is 3.18. The first kappa shape index (κ1) is 7.05. The van der Waals surface area contributed by atoms with Gasteiger partial charge in [0.1, 0.15) is 6.67 Å². The largest absolute Gasteiger partial charge is 0.327 e. The van der Waals surface area contributed by atoms with Gasteiger partial charge < -0.3 is 4.57 Å². The van der Waals surface area contributed by atoms with Crippen molar-refractivity contribution in [2.45, 2.75) is 6.54 Å². The standard InChI is InChI=1S/C6H9FN2O/c1-8-4-5-9(3-2-7)6(8)10/h4-5H,2-3H2,1H3. The summed E-state index contributed by atoms with van der Waals surface area (Å²) in [4.78, 5) is 10.9. The summed E-state index contributed by atoms with van der Waals surface area (Å²) < 4.78 is 14.4. The Morgan fingerprint density at radius 2 is 2.30 bits per heavy atom. The molecule has 4 heteroatoms. The van der Waals surface area contributed by atoms with Crippen molar-refractivity contribution >= 4 is 0 Å². The van der Waals surface area contributed by atoms with Crippen molar-refractivity contribution in [3.8, 4) is 0 Å². The monoisotopic (exact) mass is 144 g/mol. The van der Waals surface area contributed by atoms with Crippen molar-refractivity contribution in [3.63, 3.8) is 0 Å². The maximum absolute atomic E-state index is 11.7. The van der Waals surface area contributed by atoms with Gasteiger partial charge in [-0.3, -0.25) is 4.57 Å². The van der Waals surface area contributed by atoms with Crippen molar-refractivity contribution in [2.75, 3.05) is 6.67 Å². The number of imidazole rings is 1. The first-order valence-electron chi connectivity index (χ1n) is 3.03.